The van der Waals surface area contributed by atoms with E-state index >= 15 is 0 Å². The van der Waals surface area contributed by atoms with Crippen LogP contribution in [0.4, 0.5) is 18.9 Å². The number of thioether (sulfide) groups is 1. The largest absolute Gasteiger partial charge is 0.494 e. The number of rotatable bonds is 7. The number of alkyl halides is 3. The average molecular weight is 494 g/mol. The lowest BCUT2D eigenvalue weighted by molar-refractivity contribution is -0.137. The topological polar surface area (TPSA) is 56.6 Å². The van der Waals surface area contributed by atoms with E-state index in [1.807, 2.05) is 30.5 Å². The van der Waals surface area contributed by atoms with Gasteiger partial charge in [0.1, 0.15) is 11.3 Å². The van der Waals surface area contributed by atoms with Crippen LogP contribution in [0, 0.1) is 11.3 Å². The summed E-state index contributed by atoms with van der Waals surface area (Å²) in [5, 5.41) is 9.14. The first-order chi connectivity index (χ1) is 15.5. The van der Waals surface area contributed by atoms with Crippen molar-refractivity contribution in [2.45, 2.75) is 36.9 Å². The molecule has 1 fully saturated rings. The van der Waals surface area contributed by atoms with Crippen LogP contribution in [0.25, 0.3) is 0 Å². The minimum Gasteiger partial charge on any atom is -0.494 e. The summed E-state index contributed by atoms with van der Waals surface area (Å²) in [6.45, 7) is 4.13. The minimum absolute atomic E-state index is 0.0166. The Morgan fingerprint density at radius 3 is 2.42 bits per heavy atom. The highest BCUT2D eigenvalue weighted by Crippen LogP contribution is 2.37. The molecule has 2 aromatic carbocycles. The maximum Gasteiger partial charge on any atom is 0.417 e. The van der Waals surface area contributed by atoms with Gasteiger partial charge in [0, 0.05) is 11.4 Å². The van der Waals surface area contributed by atoms with E-state index in [1.54, 1.807) is 30.5 Å². The predicted octanol–water partition coefficient (Wildman–Crippen LogP) is 5.48. The molecule has 1 heterocycles. The zero-order chi connectivity index (χ0) is 24.4. The van der Waals surface area contributed by atoms with Gasteiger partial charge in [-0.3, -0.25) is 9.69 Å². The number of amides is 1. The van der Waals surface area contributed by atoms with Gasteiger partial charge in [0.25, 0.3) is 5.91 Å². The van der Waals surface area contributed by atoms with Crippen molar-refractivity contribution in [2.75, 3.05) is 24.3 Å². The van der Waals surface area contributed by atoms with Gasteiger partial charge < -0.3 is 9.64 Å². The summed E-state index contributed by atoms with van der Waals surface area (Å²) in [6.07, 6.45) is -2.19. The molecule has 1 aliphatic heterocycles. The summed E-state index contributed by atoms with van der Waals surface area (Å²) >= 11 is 7.11. The molecule has 0 radical (unpaired) electrons. The Labute approximate surface area is 200 Å². The van der Waals surface area contributed by atoms with E-state index in [9.17, 15) is 18.0 Å². The number of anilines is 1. The second-order valence-corrected chi connectivity index (χ2v) is 9.10. The van der Waals surface area contributed by atoms with Crippen LogP contribution in [0.3, 0.4) is 0 Å². The van der Waals surface area contributed by atoms with Gasteiger partial charge in [-0.05, 0) is 81.2 Å². The Balaban J connectivity index is 1.73. The van der Waals surface area contributed by atoms with Crippen LogP contribution >= 0.6 is 24.0 Å². The number of thiocarbonyl (C=S) groups is 1. The molecule has 0 aromatic heterocycles. The molecule has 174 valence electrons. The van der Waals surface area contributed by atoms with Crippen molar-refractivity contribution < 1.29 is 22.7 Å². The molecule has 2 aromatic rings. The number of nitriles is 1. The molecule has 0 unspecified atom stereocenters. The first-order valence-electron chi connectivity index (χ1n) is 10.0. The van der Waals surface area contributed by atoms with Crippen LogP contribution in [0.5, 0.6) is 5.75 Å². The monoisotopic (exact) mass is 493 g/mol. The lowest BCUT2D eigenvalue weighted by Gasteiger charge is -2.29. The van der Waals surface area contributed by atoms with Crippen molar-refractivity contribution in [3.8, 4) is 11.8 Å². The van der Waals surface area contributed by atoms with Crippen molar-refractivity contribution >= 4 is 40.7 Å². The van der Waals surface area contributed by atoms with E-state index in [4.69, 9.17) is 22.2 Å². The molecule has 0 atom stereocenters. The predicted molar refractivity (Wildman–Crippen MR) is 125 cm³/mol. The maximum atomic E-state index is 13.4. The van der Waals surface area contributed by atoms with E-state index in [0.29, 0.717) is 19.6 Å². The van der Waals surface area contributed by atoms with Gasteiger partial charge in [-0.1, -0.05) is 0 Å². The zero-order valence-electron chi connectivity index (χ0n) is 18.3. The van der Waals surface area contributed by atoms with Crippen LogP contribution in [0.2, 0.25) is 0 Å². The molecule has 1 amide bonds. The van der Waals surface area contributed by atoms with Crippen LogP contribution in [-0.4, -0.2) is 40.9 Å². The molecule has 10 heteroatoms. The van der Waals surface area contributed by atoms with Gasteiger partial charge in [0.05, 0.1) is 29.5 Å². The fraction of sp³-hybridized carbons (Fsp3) is 0.348. The number of hydrogen-bond acceptors (Lipinski definition) is 5. The van der Waals surface area contributed by atoms with Crippen molar-refractivity contribution in [1.82, 2.24) is 4.90 Å². The molecule has 33 heavy (non-hydrogen) atoms. The molecule has 0 N–H and O–H groups in total. The molecule has 3 rings (SSSR count). The number of carbonyl (C=O) groups excluding carboxylic acids is 1. The van der Waals surface area contributed by atoms with E-state index in [-0.39, 0.29) is 10.8 Å². The fourth-order valence-electron chi connectivity index (χ4n) is 3.53. The maximum absolute atomic E-state index is 13.4. The fourth-order valence-corrected chi connectivity index (χ4v) is 4.44. The first-order valence-corrected chi connectivity index (χ1v) is 11.7. The van der Waals surface area contributed by atoms with Gasteiger partial charge in [-0.15, -0.1) is 11.8 Å². The standard InChI is InChI=1S/C23H22F3N3O2S2/c1-22(2)20(30)29(16-6-5-15(14-27)19(13-16)23(24,25)26)21(32)28(22)11-4-12-31-17-7-9-18(33-3)10-8-17/h5-10,13H,4,11-12H2,1-3H3. The smallest absolute Gasteiger partial charge is 0.417 e. The molecule has 1 aliphatic rings. The van der Waals surface area contributed by atoms with Gasteiger partial charge in [0.2, 0.25) is 0 Å². The Bertz CT molecular complexity index is 1100. The summed E-state index contributed by atoms with van der Waals surface area (Å²) in [5.41, 5.74) is -2.67. The number of carbonyl (C=O) groups is 1. The van der Waals surface area contributed by atoms with E-state index in [1.165, 1.54) is 12.1 Å². The Kier molecular flexibility index (Phi) is 7.24. The van der Waals surface area contributed by atoms with Crippen LogP contribution in [0.15, 0.2) is 47.4 Å². The SMILES string of the molecule is CSc1ccc(OCCCN2C(=S)N(c3ccc(C#N)c(C(F)(F)F)c3)C(=O)C2(C)C)cc1. The molecule has 1 saturated heterocycles. The molecular weight excluding hydrogens is 471 g/mol. The summed E-state index contributed by atoms with van der Waals surface area (Å²) in [7, 11) is 0. The zero-order valence-corrected chi connectivity index (χ0v) is 19.9. The number of benzene rings is 2. The van der Waals surface area contributed by atoms with Crippen LogP contribution in [-0.2, 0) is 11.0 Å². The highest BCUT2D eigenvalue weighted by Gasteiger charge is 2.49. The summed E-state index contributed by atoms with van der Waals surface area (Å²) in [5.74, 6) is 0.296. The summed E-state index contributed by atoms with van der Waals surface area (Å²) < 4.78 is 46.0. The van der Waals surface area contributed by atoms with Crippen molar-refractivity contribution in [1.29, 1.82) is 5.26 Å². The van der Waals surface area contributed by atoms with Crippen LogP contribution in [0.1, 0.15) is 31.4 Å². The third-order valence-corrected chi connectivity index (χ3v) is 6.51. The van der Waals surface area contributed by atoms with Gasteiger partial charge >= 0.3 is 6.18 Å². The number of ether oxygens (including phenoxy) is 1. The minimum atomic E-state index is -4.73. The van der Waals surface area contributed by atoms with E-state index < -0.39 is 28.7 Å². The van der Waals surface area contributed by atoms with E-state index in [2.05, 4.69) is 0 Å². The van der Waals surface area contributed by atoms with Gasteiger partial charge in [-0.25, -0.2) is 0 Å². The summed E-state index contributed by atoms with van der Waals surface area (Å²) in [6, 6.07) is 12.4. The second kappa shape index (κ2) is 9.61. The number of hydrogen-bond donors (Lipinski definition) is 0. The first kappa shape index (κ1) is 24.9. The molecular formula is C23H22F3N3O2S2. The normalized spacial score (nSPS) is 15.7. The van der Waals surface area contributed by atoms with Gasteiger partial charge in [0.15, 0.2) is 5.11 Å². The number of halogens is 3. The van der Waals surface area contributed by atoms with Crippen molar-refractivity contribution in [3.05, 3.63) is 53.6 Å². The lowest BCUT2D eigenvalue weighted by atomic mass is 10.0. The van der Waals surface area contributed by atoms with E-state index in [0.717, 1.165) is 27.7 Å². The third kappa shape index (κ3) is 5.09. The molecule has 0 aliphatic carbocycles. The lowest BCUT2D eigenvalue weighted by Crippen LogP contribution is -2.44. The molecule has 0 spiro atoms. The van der Waals surface area contributed by atoms with Crippen LogP contribution < -0.4 is 9.64 Å². The van der Waals surface area contributed by atoms with Crippen molar-refractivity contribution in [2.24, 2.45) is 0 Å². The average Bonchev–Trinajstić information content (AvgIpc) is 2.94. The highest BCUT2D eigenvalue weighted by atomic mass is 32.2. The Morgan fingerprint density at radius 1 is 1.18 bits per heavy atom. The number of nitrogens with zero attached hydrogens (tertiary/aromatic N) is 3. The Morgan fingerprint density at radius 2 is 1.85 bits per heavy atom. The summed E-state index contributed by atoms with van der Waals surface area (Å²) in [4.78, 5) is 17.0. The van der Waals surface area contributed by atoms with Crippen molar-refractivity contribution in [3.63, 3.8) is 0 Å². The quantitative estimate of drug-likeness (QED) is 0.289. The second-order valence-electron chi connectivity index (χ2n) is 7.85. The Hall–Kier alpha value is -2.77. The molecule has 5 nitrogen and oxygen atoms in total. The molecule has 0 bridgehead atoms. The van der Waals surface area contributed by atoms with Gasteiger partial charge in [-0.2, -0.15) is 18.4 Å². The molecule has 0 saturated carbocycles. The highest BCUT2D eigenvalue weighted by molar-refractivity contribution is 7.98. The third-order valence-electron chi connectivity index (χ3n) is 5.36.